The molecule has 1 rings (SSSR count). The Bertz CT molecular complexity index is 204. The zero-order valence-corrected chi connectivity index (χ0v) is 7.21. The number of hydrogen-bond acceptors (Lipinski definition) is 4. The fourth-order valence-corrected chi connectivity index (χ4v) is 1.64. The van der Waals surface area contributed by atoms with Crippen LogP contribution in [0.4, 0.5) is 0 Å². The molecule has 0 radical (unpaired) electrons. The highest BCUT2D eigenvalue weighted by Gasteiger charge is 2.26. The molecule has 1 saturated heterocycles. The van der Waals surface area contributed by atoms with Gasteiger partial charge in [0.2, 0.25) is 0 Å². The molecule has 1 aliphatic heterocycles. The monoisotopic (exact) mass is 189 g/mol. The van der Waals surface area contributed by atoms with E-state index in [-0.39, 0.29) is 13.2 Å². The molecule has 0 aliphatic carbocycles. The van der Waals surface area contributed by atoms with Crippen molar-refractivity contribution >= 4 is 11.1 Å². The second-order valence-corrected chi connectivity index (χ2v) is 3.53. The number of hydrogen-bond donors (Lipinski definition) is 0. The molecule has 3 unspecified atom stereocenters. The number of rotatable bonds is 3. The summed E-state index contributed by atoms with van der Waals surface area (Å²) in [7, 11) is 0. The van der Waals surface area contributed by atoms with Gasteiger partial charge in [-0.05, 0) is 11.1 Å². The fourth-order valence-electron chi connectivity index (χ4n) is 1.00. The van der Waals surface area contributed by atoms with Crippen LogP contribution in [0.2, 0.25) is 0 Å². The van der Waals surface area contributed by atoms with Crippen LogP contribution in [0, 0.1) is 12.3 Å². The Labute approximate surface area is 73.5 Å². The van der Waals surface area contributed by atoms with Gasteiger partial charge in [-0.2, -0.15) is 0 Å². The van der Waals surface area contributed by atoms with Gasteiger partial charge in [0, 0.05) is 6.42 Å². The van der Waals surface area contributed by atoms with Crippen LogP contribution in [0.25, 0.3) is 0 Å². The summed E-state index contributed by atoms with van der Waals surface area (Å²) in [6.07, 6.45) is 4.78. The van der Waals surface area contributed by atoms with Crippen molar-refractivity contribution in [3.8, 4) is 12.3 Å². The zero-order chi connectivity index (χ0) is 8.97. The molecule has 1 aliphatic rings. The van der Waals surface area contributed by atoms with E-state index in [9.17, 15) is 8.76 Å². The molecule has 0 aromatic rings. The van der Waals surface area contributed by atoms with E-state index in [1.165, 1.54) is 0 Å². The Morgan fingerprint density at radius 2 is 2.58 bits per heavy atom. The molecule has 3 atom stereocenters. The molecule has 0 amide bonds. The van der Waals surface area contributed by atoms with Gasteiger partial charge in [0.05, 0.1) is 18.0 Å². The average molecular weight is 189 g/mol. The van der Waals surface area contributed by atoms with Gasteiger partial charge in [0.15, 0.2) is 0 Å². The van der Waals surface area contributed by atoms with E-state index in [0.29, 0.717) is 6.61 Å². The average Bonchev–Trinajstić information content (AvgIpc) is 2.51. The van der Waals surface area contributed by atoms with Crippen LogP contribution >= 0.6 is 0 Å². The van der Waals surface area contributed by atoms with E-state index in [1.54, 1.807) is 0 Å². The van der Waals surface area contributed by atoms with Crippen LogP contribution in [0.3, 0.4) is 0 Å². The number of ether oxygens (including phenoxy) is 2. The Morgan fingerprint density at radius 1 is 1.83 bits per heavy atom. The Hall–Kier alpha value is -0.410. The van der Waals surface area contributed by atoms with Crippen molar-refractivity contribution in [2.24, 2.45) is 0 Å². The maximum absolute atomic E-state index is 10.6. The van der Waals surface area contributed by atoms with E-state index in [4.69, 9.17) is 15.9 Å². The smallest absolute Gasteiger partial charge is 0.147 e. The first-order chi connectivity index (χ1) is 5.75. The van der Waals surface area contributed by atoms with Crippen molar-refractivity contribution in [1.29, 1.82) is 0 Å². The van der Waals surface area contributed by atoms with Crippen LogP contribution < -0.4 is 0 Å². The topological polar surface area (TPSA) is 58.6 Å². The molecule has 0 bridgehead atoms. The van der Waals surface area contributed by atoms with Crippen LogP contribution in [-0.2, 0) is 20.6 Å². The molecule has 68 valence electrons. The van der Waals surface area contributed by atoms with Gasteiger partial charge in [-0.1, -0.05) is 0 Å². The van der Waals surface area contributed by atoms with E-state index in [1.807, 2.05) is 0 Å². The largest absolute Gasteiger partial charge is 0.772 e. The lowest BCUT2D eigenvalue weighted by atomic mass is 10.2. The van der Waals surface area contributed by atoms with Gasteiger partial charge in [-0.25, -0.2) is 0 Å². The van der Waals surface area contributed by atoms with Crippen LogP contribution in [-0.4, -0.2) is 33.5 Å². The Balaban J connectivity index is 2.52. The van der Waals surface area contributed by atoms with Gasteiger partial charge >= 0.3 is 0 Å². The first kappa shape index (κ1) is 9.68. The molecule has 0 N–H and O–H groups in total. The quantitative estimate of drug-likeness (QED) is 0.449. The molecule has 0 aromatic heterocycles. The molecule has 4 nitrogen and oxygen atoms in total. The van der Waals surface area contributed by atoms with E-state index in [0.717, 1.165) is 0 Å². The Kier molecular flexibility index (Phi) is 3.69. The third-order valence-electron chi connectivity index (χ3n) is 1.63. The predicted molar refractivity (Wildman–Crippen MR) is 41.8 cm³/mol. The van der Waals surface area contributed by atoms with Gasteiger partial charge in [-0.3, -0.25) is 4.21 Å². The van der Waals surface area contributed by atoms with Crippen molar-refractivity contribution in [3.63, 3.8) is 0 Å². The minimum atomic E-state index is -2.19. The lowest BCUT2D eigenvalue weighted by Gasteiger charge is -2.21. The highest BCUT2D eigenvalue weighted by molar-refractivity contribution is 7.79. The first-order valence-corrected chi connectivity index (χ1v) is 4.60. The summed E-state index contributed by atoms with van der Waals surface area (Å²) in [4.78, 5) is 0. The molecule has 1 heterocycles. The molecule has 0 aromatic carbocycles. The minimum Gasteiger partial charge on any atom is -0.772 e. The summed E-state index contributed by atoms with van der Waals surface area (Å²) in [6, 6.07) is 0. The molecule has 0 saturated carbocycles. The maximum Gasteiger partial charge on any atom is 0.147 e. The summed E-state index contributed by atoms with van der Waals surface area (Å²) < 4.78 is 31.2. The summed E-state index contributed by atoms with van der Waals surface area (Å²) in [5, 5.41) is -0.641. The molecule has 0 spiro atoms. The van der Waals surface area contributed by atoms with Crippen LogP contribution in [0.15, 0.2) is 0 Å². The van der Waals surface area contributed by atoms with Crippen molar-refractivity contribution in [1.82, 2.24) is 0 Å². The maximum atomic E-state index is 10.6. The lowest BCUT2D eigenvalue weighted by Crippen LogP contribution is -2.31. The highest BCUT2D eigenvalue weighted by Crippen LogP contribution is 2.14. The van der Waals surface area contributed by atoms with Gasteiger partial charge in [-0.15, -0.1) is 12.3 Å². The van der Waals surface area contributed by atoms with Crippen LogP contribution in [0.1, 0.15) is 6.42 Å². The summed E-state index contributed by atoms with van der Waals surface area (Å²) in [5.41, 5.74) is 0. The summed E-state index contributed by atoms with van der Waals surface area (Å²) in [6.45, 7) is 0.462. The number of terminal acetylenes is 1. The molecular weight excluding hydrogens is 180 g/mol. The SMILES string of the molecule is C#CCC(C1COCO1)S(=O)[O-]. The van der Waals surface area contributed by atoms with E-state index < -0.39 is 22.4 Å². The molecule has 12 heavy (non-hydrogen) atoms. The summed E-state index contributed by atoms with van der Waals surface area (Å²) in [5.74, 6) is 2.30. The van der Waals surface area contributed by atoms with Crippen molar-refractivity contribution in [2.45, 2.75) is 17.8 Å². The molecular formula is C7H9O4S-. The van der Waals surface area contributed by atoms with Gasteiger partial charge in [0.25, 0.3) is 0 Å². The molecule has 1 fully saturated rings. The Morgan fingerprint density at radius 3 is 3.00 bits per heavy atom. The second-order valence-electron chi connectivity index (χ2n) is 2.40. The zero-order valence-electron chi connectivity index (χ0n) is 6.39. The first-order valence-electron chi connectivity index (χ1n) is 3.46. The second kappa shape index (κ2) is 4.58. The highest BCUT2D eigenvalue weighted by atomic mass is 32.2. The van der Waals surface area contributed by atoms with Gasteiger partial charge in [0.1, 0.15) is 6.79 Å². The van der Waals surface area contributed by atoms with Crippen molar-refractivity contribution < 1.29 is 18.2 Å². The lowest BCUT2D eigenvalue weighted by molar-refractivity contribution is 0.0458. The normalized spacial score (nSPS) is 27.8. The predicted octanol–water partition coefficient (Wildman–Crippen LogP) is -0.370. The van der Waals surface area contributed by atoms with E-state index in [2.05, 4.69) is 5.92 Å². The van der Waals surface area contributed by atoms with Gasteiger partial charge < -0.3 is 14.0 Å². The summed E-state index contributed by atoms with van der Waals surface area (Å²) >= 11 is -2.19. The standard InChI is InChI=1S/C7H10O4S/c1-2-3-7(12(8)9)6-4-10-5-11-6/h1,6-7H,3-5H2,(H,8,9)/p-1. The molecule has 5 heteroatoms. The third-order valence-corrected chi connectivity index (χ3v) is 2.59. The fraction of sp³-hybridized carbons (Fsp3) is 0.714. The third kappa shape index (κ3) is 2.29. The van der Waals surface area contributed by atoms with Crippen molar-refractivity contribution in [2.75, 3.05) is 13.4 Å². The van der Waals surface area contributed by atoms with E-state index >= 15 is 0 Å². The minimum absolute atomic E-state index is 0.156. The van der Waals surface area contributed by atoms with Crippen molar-refractivity contribution in [3.05, 3.63) is 0 Å². The van der Waals surface area contributed by atoms with Crippen LogP contribution in [0.5, 0.6) is 0 Å².